The van der Waals surface area contributed by atoms with E-state index in [-0.39, 0.29) is 24.0 Å². The summed E-state index contributed by atoms with van der Waals surface area (Å²) in [5, 5.41) is 3.17. The summed E-state index contributed by atoms with van der Waals surface area (Å²) in [5.74, 6) is 1.49. The van der Waals surface area contributed by atoms with Crippen molar-refractivity contribution in [2.45, 2.75) is 31.6 Å². The summed E-state index contributed by atoms with van der Waals surface area (Å²) in [4.78, 5) is 8.38. The van der Waals surface area contributed by atoms with E-state index < -0.39 is 10.0 Å². The Morgan fingerprint density at radius 1 is 1.37 bits per heavy atom. The molecule has 1 heterocycles. The van der Waals surface area contributed by atoms with Crippen LogP contribution in [0.3, 0.4) is 0 Å². The maximum atomic E-state index is 12.4. The lowest BCUT2D eigenvalue weighted by Gasteiger charge is -2.22. The molecule has 0 radical (unpaired) electrons. The van der Waals surface area contributed by atoms with E-state index in [0.29, 0.717) is 24.6 Å². The van der Waals surface area contributed by atoms with Gasteiger partial charge in [-0.2, -0.15) is 0 Å². The average molecular weight is 530 g/mol. The van der Waals surface area contributed by atoms with Crippen LogP contribution < -0.4 is 10.0 Å². The van der Waals surface area contributed by atoms with E-state index in [0.717, 1.165) is 34.8 Å². The maximum Gasteiger partial charge on any atom is 0.241 e. The van der Waals surface area contributed by atoms with Gasteiger partial charge in [-0.05, 0) is 38.7 Å². The second-order valence-electron chi connectivity index (χ2n) is 6.59. The van der Waals surface area contributed by atoms with E-state index in [1.807, 2.05) is 25.8 Å². The van der Waals surface area contributed by atoms with Crippen LogP contribution in [0.25, 0.3) is 0 Å². The van der Waals surface area contributed by atoms with Gasteiger partial charge in [0.2, 0.25) is 10.0 Å². The number of likely N-dealkylation sites (N-methyl/N-ethyl adjacent to an activating group) is 1. The normalized spacial score (nSPS) is 14.7. The molecule has 2 rings (SSSR count). The van der Waals surface area contributed by atoms with Crippen LogP contribution in [0.15, 0.2) is 16.0 Å². The largest absolute Gasteiger partial charge is 0.379 e. The number of aliphatic imine (C=N–C) groups is 1. The molecule has 0 aromatic carbocycles. The highest BCUT2D eigenvalue weighted by molar-refractivity contribution is 14.0. The molecule has 0 saturated heterocycles. The van der Waals surface area contributed by atoms with E-state index in [2.05, 4.69) is 15.0 Å². The third-order valence-electron chi connectivity index (χ3n) is 4.18. The van der Waals surface area contributed by atoms with Gasteiger partial charge in [-0.25, -0.2) is 13.1 Å². The van der Waals surface area contributed by atoms with Crippen molar-refractivity contribution in [2.24, 2.45) is 10.9 Å². The van der Waals surface area contributed by atoms with Gasteiger partial charge >= 0.3 is 0 Å². The van der Waals surface area contributed by atoms with Gasteiger partial charge in [0.05, 0.1) is 11.5 Å². The van der Waals surface area contributed by atoms with Gasteiger partial charge in [0.15, 0.2) is 5.96 Å². The van der Waals surface area contributed by atoms with Crippen LogP contribution in [-0.4, -0.2) is 66.2 Å². The Balaban J connectivity index is 0.00000364. The fourth-order valence-electron chi connectivity index (χ4n) is 2.54. The predicted molar refractivity (Wildman–Crippen MR) is 122 cm³/mol. The lowest BCUT2D eigenvalue weighted by Crippen LogP contribution is -2.43. The minimum atomic E-state index is -3.47. The molecule has 0 atom stereocenters. The number of nitrogens with one attached hydrogen (secondary N) is 2. The van der Waals surface area contributed by atoms with Crippen LogP contribution in [0.2, 0.25) is 0 Å². The third-order valence-corrected chi connectivity index (χ3v) is 6.86. The fraction of sp³-hybridized carbons (Fsp3) is 0.706. The van der Waals surface area contributed by atoms with E-state index in [4.69, 9.17) is 4.74 Å². The Labute approximate surface area is 184 Å². The second kappa shape index (κ2) is 11.5. The van der Waals surface area contributed by atoms with Crippen LogP contribution in [0, 0.1) is 19.8 Å². The van der Waals surface area contributed by atoms with E-state index in [1.165, 1.54) is 24.2 Å². The van der Waals surface area contributed by atoms with Gasteiger partial charge in [-0.3, -0.25) is 4.99 Å². The molecule has 0 unspecified atom stereocenters. The Morgan fingerprint density at radius 3 is 2.63 bits per heavy atom. The second-order valence-corrected chi connectivity index (χ2v) is 9.78. The van der Waals surface area contributed by atoms with Crippen LogP contribution in [0.1, 0.15) is 22.6 Å². The molecule has 1 aliphatic carbocycles. The first kappa shape index (κ1) is 24.6. The van der Waals surface area contributed by atoms with Gasteiger partial charge in [-0.15, -0.1) is 35.3 Å². The summed E-state index contributed by atoms with van der Waals surface area (Å²) in [6.07, 6.45) is 2.58. The van der Waals surface area contributed by atoms with Crippen molar-refractivity contribution in [1.29, 1.82) is 0 Å². The molecule has 0 spiro atoms. The molecule has 0 aliphatic heterocycles. The number of sulfonamides is 1. The molecule has 1 saturated carbocycles. The fourth-order valence-corrected chi connectivity index (χ4v) is 5.12. The zero-order valence-corrected chi connectivity index (χ0v) is 20.4. The first-order valence-corrected chi connectivity index (χ1v) is 11.2. The van der Waals surface area contributed by atoms with E-state index >= 15 is 0 Å². The van der Waals surface area contributed by atoms with Crippen molar-refractivity contribution in [1.82, 2.24) is 14.9 Å². The van der Waals surface area contributed by atoms with Crippen molar-refractivity contribution < 1.29 is 13.2 Å². The Hall–Kier alpha value is -0.430. The number of thiophene rings is 1. The number of ether oxygens (including phenoxy) is 1. The molecule has 10 heteroatoms. The number of aryl methyl sites for hydroxylation is 2. The smallest absolute Gasteiger partial charge is 0.241 e. The molecule has 7 nitrogen and oxygen atoms in total. The average Bonchev–Trinajstić information content (AvgIpc) is 3.34. The van der Waals surface area contributed by atoms with Crippen LogP contribution in [0.5, 0.6) is 0 Å². The Bertz CT molecular complexity index is 718. The number of hydrogen-bond donors (Lipinski definition) is 2. The van der Waals surface area contributed by atoms with Gasteiger partial charge in [0.25, 0.3) is 0 Å². The number of halogens is 1. The summed E-state index contributed by atoms with van der Waals surface area (Å²) in [6, 6.07) is 1.71. The first-order valence-electron chi connectivity index (χ1n) is 8.89. The highest BCUT2D eigenvalue weighted by Crippen LogP contribution is 2.28. The van der Waals surface area contributed by atoms with Gasteiger partial charge < -0.3 is 15.0 Å². The van der Waals surface area contributed by atoms with Crippen molar-refractivity contribution >= 4 is 51.3 Å². The third kappa shape index (κ3) is 8.22. The van der Waals surface area contributed by atoms with Crippen molar-refractivity contribution in [3.8, 4) is 0 Å². The number of rotatable bonds is 10. The number of hydrogen-bond acceptors (Lipinski definition) is 5. The van der Waals surface area contributed by atoms with Crippen LogP contribution in [-0.2, 0) is 14.8 Å². The molecule has 0 bridgehead atoms. The Kier molecular flexibility index (Phi) is 10.5. The van der Waals surface area contributed by atoms with Gasteiger partial charge in [0, 0.05) is 50.1 Å². The monoisotopic (exact) mass is 530 g/mol. The minimum Gasteiger partial charge on any atom is -0.379 e. The van der Waals surface area contributed by atoms with Crippen LogP contribution in [0.4, 0.5) is 0 Å². The van der Waals surface area contributed by atoms with E-state index in [1.54, 1.807) is 13.1 Å². The quantitative estimate of drug-likeness (QED) is 0.210. The van der Waals surface area contributed by atoms with Gasteiger partial charge in [-0.1, -0.05) is 0 Å². The van der Waals surface area contributed by atoms with Gasteiger partial charge in [0.1, 0.15) is 0 Å². The van der Waals surface area contributed by atoms with E-state index in [9.17, 15) is 8.42 Å². The lowest BCUT2D eigenvalue weighted by molar-refractivity contribution is 0.115. The lowest BCUT2D eigenvalue weighted by atomic mass is 10.4. The number of guanidine groups is 1. The SMILES string of the molecule is CN=C(NCCNS(=O)(=O)c1cc(C)sc1C)N(C)CCOCC1CC1.I. The molecule has 156 valence electrons. The summed E-state index contributed by atoms with van der Waals surface area (Å²) < 4.78 is 33.0. The zero-order chi connectivity index (χ0) is 19.2. The highest BCUT2D eigenvalue weighted by atomic mass is 127. The maximum absolute atomic E-state index is 12.4. The highest BCUT2D eigenvalue weighted by Gasteiger charge is 2.21. The molecular formula is C17H31IN4O3S2. The molecule has 1 aromatic heterocycles. The molecule has 2 N–H and O–H groups in total. The summed E-state index contributed by atoms with van der Waals surface area (Å²) >= 11 is 1.49. The summed E-state index contributed by atoms with van der Waals surface area (Å²) in [7, 11) is 0.188. The molecule has 27 heavy (non-hydrogen) atoms. The molecule has 1 aromatic rings. The minimum absolute atomic E-state index is 0. The van der Waals surface area contributed by atoms with Crippen molar-refractivity contribution in [3.05, 3.63) is 15.8 Å². The van der Waals surface area contributed by atoms with Crippen LogP contribution >= 0.6 is 35.3 Å². The predicted octanol–water partition coefficient (Wildman–Crippen LogP) is 2.20. The van der Waals surface area contributed by atoms with Crippen molar-refractivity contribution in [2.75, 3.05) is 46.9 Å². The molecule has 1 fully saturated rings. The number of nitrogens with zero attached hydrogens (tertiary/aromatic N) is 2. The topological polar surface area (TPSA) is 83.0 Å². The zero-order valence-electron chi connectivity index (χ0n) is 16.4. The molecule has 1 aliphatic rings. The standard InChI is InChI=1S/C17H30N4O3S2.HI/c1-13-11-16(14(2)25-13)26(22,23)20-8-7-19-17(18-3)21(4)9-10-24-12-15-5-6-15;/h11,15,20H,5-10,12H2,1-4H3,(H,18,19);1H. The van der Waals surface area contributed by atoms with Crippen molar-refractivity contribution in [3.63, 3.8) is 0 Å². The summed E-state index contributed by atoms with van der Waals surface area (Å²) in [6.45, 7) is 6.74. The first-order chi connectivity index (χ1) is 12.3. The summed E-state index contributed by atoms with van der Waals surface area (Å²) in [5.41, 5.74) is 0. The molecule has 0 amide bonds. The Morgan fingerprint density at radius 2 is 2.07 bits per heavy atom. The molecular weight excluding hydrogens is 499 g/mol.